The molecule has 0 bridgehead atoms. The molecule has 0 spiro atoms. The Balaban J connectivity index is 2.13. The van der Waals surface area contributed by atoms with E-state index in [4.69, 9.17) is 9.47 Å². The van der Waals surface area contributed by atoms with Gasteiger partial charge in [0, 0.05) is 7.11 Å². The van der Waals surface area contributed by atoms with Gasteiger partial charge < -0.3 is 9.47 Å². The summed E-state index contributed by atoms with van der Waals surface area (Å²) in [5.74, 6) is 0.560. The van der Waals surface area contributed by atoms with Crippen molar-refractivity contribution in [1.82, 2.24) is 0 Å². The van der Waals surface area contributed by atoms with Crippen molar-refractivity contribution < 1.29 is 14.3 Å². The number of esters is 1. The first-order valence-electron chi connectivity index (χ1n) is 6.02. The molecule has 0 amide bonds. The van der Waals surface area contributed by atoms with Crippen molar-refractivity contribution in [2.75, 3.05) is 18.1 Å². The first-order valence-corrected chi connectivity index (χ1v) is 7.55. The Labute approximate surface area is 111 Å². The fourth-order valence-corrected chi connectivity index (χ4v) is 2.60. The Hall–Kier alpha value is 0.160. The van der Waals surface area contributed by atoms with Crippen LogP contribution in [0.25, 0.3) is 0 Å². The van der Waals surface area contributed by atoms with E-state index in [1.807, 2.05) is 22.6 Å². The summed E-state index contributed by atoms with van der Waals surface area (Å²) < 4.78 is 11.0. The number of hydrogen-bond acceptors (Lipinski definition) is 3. The van der Waals surface area contributed by atoms with Crippen LogP contribution >= 0.6 is 22.6 Å². The normalized spacial score (nSPS) is 25.4. The van der Waals surface area contributed by atoms with Crippen LogP contribution in [0.15, 0.2) is 0 Å². The quantitative estimate of drug-likeness (QED) is 0.323. The first-order chi connectivity index (χ1) is 7.77. The van der Waals surface area contributed by atoms with E-state index in [2.05, 4.69) is 0 Å². The van der Waals surface area contributed by atoms with Crippen molar-refractivity contribution in [1.29, 1.82) is 0 Å². The number of hydrogen-bond donors (Lipinski definition) is 0. The first kappa shape index (κ1) is 14.2. The molecule has 0 aromatic heterocycles. The number of halogens is 1. The molecule has 0 radical (unpaired) electrons. The van der Waals surface area contributed by atoms with Crippen molar-refractivity contribution in [3.05, 3.63) is 0 Å². The monoisotopic (exact) mass is 340 g/mol. The average molecular weight is 340 g/mol. The second-order valence-corrected chi connectivity index (χ2v) is 5.08. The van der Waals surface area contributed by atoms with Gasteiger partial charge in [0.05, 0.1) is 17.1 Å². The second kappa shape index (κ2) is 8.28. The minimum Gasteiger partial charge on any atom is -0.465 e. The van der Waals surface area contributed by atoms with E-state index in [9.17, 15) is 4.79 Å². The molecule has 3 nitrogen and oxygen atoms in total. The summed E-state index contributed by atoms with van der Waals surface area (Å²) in [6.45, 7) is 0.564. The molecule has 0 aromatic carbocycles. The van der Waals surface area contributed by atoms with Crippen molar-refractivity contribution in [2.45, 2.75) is 44.6 Å². The molecular weight excluding hydrogens is 319 g/mol. The molecule has 4 heteroatoms. The largest absolute Gasteiger partial charge is 0.465 e. The molecule has 1 saturated carbocycles. The van der Waals surface area contributed by atoms with Gasteiger partial charge in [-0.25, -0.2) is 0 Å². The van der Waals surface area contributed by atoms with Crippen molar-refractivity contribution >= 4 is 28.6 Å². The van der Waals surface area contributed by atoms with Crippen LogP contribution in [0.5, 0.6) is 0 Å². The van der Waals surface area contributed by atoms with Crippen LogP contribution in [0.3, 0.4) is 0 Å². The maximum atomic E-state index is 10.9. The van der Waals surface area contributed by atoms with E-state index in [1.165, 1.54) is 25.7 Å². The third-order valence-corrected chi connectivity index (χ3v) is 3.86. The van der Waals surface area contributed by atoms with E-state index in [-0.39, 0.29) is 5.97 Å². The summed E-state index contributed by atoms with van der Waals surface area (Å²) in [7, 11) is 1.80. The average Bonchev–Trinajstić information content (AvgIpc) is 2.34. The predicted octanol–water partition coefficient (Wildman–Crippen LogP) is 2.95. The van der Waals surface area contributed by atoms with Gasteiger partial charge in [-0.2, -0.15) is 0 Å². The van der Waals surface area contributed by atoms with Crippen LogP contribution in [0.4, 0.5) is 0 Å². The molecule has 1 aliphatic rings. The lowest BCUT2D eigenvalue weighted by Crippen LogP contribution is -2.26. The fourth-order valence-electron chi connectivity index (χ4n) is 2.38. The number of carbonyl (C=O) groups excluding carboxylic acids is 1. The lowest BCUT2D eigenvalue weighted by atomic mass is 9.83. The third-order valence-electron chi connectivity index (χ3n) is 3.23. The van der Waals surface area contributed by atoms with Gasteiger partial charge in [-0.15, -0.1) is 0 Å². The Bertz CT molecular complexity index is 208. The molecule has 2 atom stereocenters. The highest BCUT2D eigenvalue weighted by Gasteiger charge is 2.24. The van der Waals surface area contributed by atoms with Crippen molar-refractivity contribution in [3.8, 4) is 0 Å². The van der Waals surface area contributed by atoms with Gasteiger partial charge in [0.2, 0.25) is 0 Å². The SMILES string of the molecule is CO[C@@H]1CCCC[C@H]1CCCOC(=O)CI. The Morgan fingerprint density at radius 2 is 2.12 bits per heavy atom. The highest BCUT2D eigenvalue weighted by atomic mass is 127. The number of ether oxygens (including phenoxy) is 2. The number of alkyl halides is 1. The van der Waals surface area contributed by atoms with Gasteiger partial charge in [-0.1, -0.05) is 35.4 Å². The summed E-state index contributed by atoms with van der Waals surface area (Å²) in [4.78, 5) is 10.9. The molecule has 1 aliphatic carbocycles. The van der Waals surface area contributed by atoms with Crippen molar-refractivity contribution in [3.63, 3.8) is 0 Å². The van der Waals surface area contributed by atoms with Gasteiger partial charge in [-0.3, -0.25) is 4.79 Å². The summed E-state index contributed by atoms with van der Waals surface area (Å²) in [6.07, 6.45) is 7.57. The summed E-state index contributed by atoms with van der Waals surface area (Å²) in [6, 6.07) is 0. The van der Waals surface area contributed by atoms with E-state index in [0.717, 1.165) is 12.8 Å². The van der Waals surface area contributed by atoms with Crippen LogP contribution in [0.1, 0.15) is 38.5 Å². The molecule has 0 aliphatic heterocycles. The van der Waals surface area contributed by atoms with E-state index < -0.39 is 0 Å². The second-order valence-electron chi connectivity index (χ2n) is 4.32. The molecule has 94 valence electrons. The van der Waals surface area contributed by atoms with E-state index in [0.29, 0.717) is 23.1 Å². The van der Waals surface area contributed by atoms with Crippen molar-refractivity contribution in [2.24, 2.45) is 5.92 Å². The molecule has 0 heterocycles. The number of carbonyl (C=O) groups is 1. The molecule has 1 fully saturated rings. The van der Waals surface area contributed by atoms with Gasteiger partial charge in [0.1, 0.15) is 0 Å². The molecule has 0 aromatic rings. The molecule has 16 heavy (non-hydrogen) atoms. The summed E-state index contributed by atoms with van der Waals surface area (Å²) in [5.41, 5.74) is 0. The topological polar surface area (TPSA) is 35.5 Å². The molecular formula is C12H21IO3. The van der Waals surface area contributed by atoms with Gasteiger partial charge in [-0.05, 0) is 31.6 Å². The molecule has 0 unspecified atom stereocenters. The highest BCUT2D eigenvalue weighted by Crippen LogP contribution is 2.29. The Morgan fingerprint density at radius 1 is 1.38 bits per heavy atom. The molecule has 0 N–H and O–H groups in total. The van der Waals surface area contributed by atoms with E-state index in [1.54, 1.807) is 7.11 Å². The Kier molecular flexibility index (Phi) is 7.36. The smallest absolute Gasteiger partial charge is 0.315 e. The minimum absolute atomic E-state index is 0.104. The lowest BCUT2D eigenvalue weighted by Gasteiger charge is -2.30. The fraction of sp³-hybridized carbons (Fsp3) is 0.917. The van der Waals surface area contributed by atoms with Gasteiger partial charge in [0.15, 0.2) is 0 Å². The van der Waals surface area contributed by atoms with E-state index >= 15 is 0 Å². The summed E-state index contributed by atoms with van der Waals surface area (Å²) in [5, 5.41) is 0. The highest BCUT2D eigenvalue weighted by molar-refractivity contribution is 14.1. The molecule has 1 rings (SSSR count). The van der Waals surface area contributed by atoms with Crippen LogP contribution in [0.2, 0.25) is 0 Å². The van der Waals surface area contributed by atoms with Gasteiger partial charge >= 0.3 is 5.97 Å². The van der Waals surface area contributed by atoms with Crippen LogP contribution in [-0.2, 0) is 14.3 Å². The summed E-state index contributed by atoms with van der Waals surface area (Å²) >= 11 is 2.02. The predicted molar refractivity (Wildman–Crippen MR) is 71.8 cm³/mol. The zero-order valence-corrected chi connectivity index (χ0v) is 12.1. The standard InChI is InChI=1S/C12H21IO3/c1-15-11-7-3-2-5-10(11)6-4-8-16-12(14)9-13/h10-11H,2-9H2,1H3/t10-,11+/m0/s1. The molecule has 0 saturated heterocycles. The zero-order valence-electron chi connectivity index (χ0n) is 9.91. The van der Waals surface area contributed by atoms with Gasteiger partial charge in [0.25, 0.3) is 0 Å². The zero-order chi connectivity index (χ0) is 11.8. The van der Waals surface area contributed by atoms with Crippen LogP contribution in [-0.4, -0.2) is 30.2 Å². The van der Waals surface area contributed by atoms with Crippen LogP contribution < -0.4 is 0 Å². The lowest BCUT2D eigenvalue weighted by molar-refractivity contribution is -0.140. The van der Waals surface area contributed by atoms with Crippen LogP contribution in [0, 0.1) is 5.92 Å². The maximum absolute atomic E-state index is 10.9. The Morgan fingerprint density at radius 3 is 2.81 bits per heavy atom. The third kappa shape index (κ3) is 4.99. The number of rotatable bonds is 6. The minimum atomic E-state index is -0.104. The number of methoxy groups -OCH3 is 1. The maximum Gasteiger partial charge on any atom is 0.315 e.